The summed E-state index contributed by atoms with van der Waals surface area (Å²) < 4.78 is 0. The lowest BCUT2D eigenvalue weighted by molar-refractivity contribution is 0.812. The van der Waals surface area contributed by atoms with Crippen molar-refractivity contribution in [2.75, 3.05) is 0 Å². The van der Waals surface area contributed by atoms with Crippen molar-refractivity contribution in [2.24, 2.45) is 0 Å². The van der Waals surface area contributed by atoms with Crippen molar-refractivity contribution >= 4 is 0 Å². The van der Waals surface area contributed by atoms with Crippen molar-refractivity contribution in [3.05, 3.63) is 18.6 Å². The molecule has 0 aliphatic rings. The summed E-state index contributed by atoms with van der Waals surface area (Å²) in [6, 6.07) is 0. The van der Waals surface area contributed by atoms with Crippen LogP contribution < -0.4 is 0 Å². The Labute approximate surface area is 52.6 Å². The minimum atomic E-state index is 1.19. The van der Waals surface area contributed by atoms with Gasteiger partial charge in [0, 0.05) is 0 Å². The van der Waals surface area contributed by atoms with Gasteiger partial charge in [-0.3, -0.25) is 0 Å². The van der Waals surface area contributed by atoms with Crippen molar-refractivity contribution in [3.8, 4) is 0 Å². The molecule has 0 aliphatic heterocycles. The minimum absolute atomic E-state index is 1.19. The Bertz CT molecular complexity index is 66.1. The molecule has 0 unspecified atom stereocenters. The first kappa shape index (κ1) is 7.74. The third kappa shape index (κ3) is 5.74. The van der Waals surface area contributed by atoms with Crippen LogP contribution >= 0.6 is 0 Å². The molecule has 0 fully saturated rings. The standard InChI is InChI=1S/C8H15/c1-4-5-6-7-8(2)3/h7H,2,4-6H2,1,3H3. The first-order chi connectivity index (χ1) is 3.77. The summed E-state index contributed by atoms with van der Waals surface area (Å²) in [4.78, 5) is 0. The van der Waals surface area contributed by atoms with Crippen LogP contribution in [0.3, 0.4) is 0 Å². The number of allylic oxidation sites excluding steroid dienone is 2. The van der Waals surface area contributed by atoms with E-state index in [1.54, 1.807) is 0 Å². The lowest BCUT2D eigenvalue weighted by atomic mass is 10.2. The first-order valence-electron chi connectivity index (χ1n) is 3.26. The SMILES string of the molecule is [CH2]C(C)=CCCCC. The van der Waals surface area contributed by atoms with Crippen molar-refractivity contribution in [2.45, 2.75) is 33.1 Å². The quantitative estimate of drug-likeness (QED) is 0.491. The Morgan fingerprint density at radius 2 is 2.25 bits per heavy atom. The van der Waals surface area contributed by atoms with Crippen LogP contribution in [0.5, 0.6) is 0 Å². The van der Waals surface area contributed by atoms with E-state index in [-0.39, 0.29) is 0 Å². The van der Waals surface area contributed by atoms with Crippen LogP contribution in [0.15, 0.2) is 11.6 Å². The van der Waals surface area contributed by atoms with Gasteiger partial charge < -0.3 is 0 Å². The predicted molar refractivity (Wildman–Crippen MR) is 38.6 cm³/mol. The van der Waals surface area contributed by atoms with Crippen LogP contribution in [0.2, 0.25) is 0 Å². The van der Waals surface area contributed by atoms with Crippen LogP contribution in [0, 0.1) is 6.92 Å². The average Bonchev–Trinajstić information content (AvgIpc) is 1.66. The molecule has 0 aromatic heterocycles. The Morgan fingerprint density at radius 1 is 1.62 bits per heavy atom. The van der Waals surface area contributed by atoms with Gasteiger partial charge in [0.15, 0.2) is 0 Å². The monoisotopic (exact) mass is 111 g/mol. The highest BCUT2D eigenvalue weighted by Gasteiger charge is 1.78. The molecule has 0 spiro atoms. The summed E-state index contributed by atoms with van der Waals surface area (Å²) in [7, 11) is 0. The van der Waals surface area contributed by atoms with Gasteiger partial charge in [-0.2, -0.15) is 0 Å². The van der Waals surface area contributed by atoms with Gasteiger partial charge in [0.1, 0.15) is 0 Å². The Morgan fingerprint density at radius 3 is 2.62 bits per heavy atom. The van der Waals surface area contributed by atoms with Crippen LogP contribution in [0.25, 0.3) is 0 Å². The lowest BCUT2D eigenvalue weighted by Gasteiger charge is -1.88. The van der Waals surface area contributed by atoms with E-state index in [9.17, 15) is 0 Å². The molecule has 0 nitrogen and oxygen atoms in total. The zero-order valence-corrected chi connectivity index (χ0v) is 5.91. The molecular formula is C8H15. The van der Waals surface area contributed by atoms with E-state index in [0.29, 0.717) is 0 Å². The number of rotatable bonds is 3. The molecule has 0 N–H and O–H groups in total. The maximum absolute atomic E-state index is 3.77. The first-order valence-corrected chi connectivity index (χ1v) is 3.26. The summed E-state index contributed by atoms with van der Waals surface area (Å²) in [6.07, 6.45) is 5.96. The molecule has 0 saturated carbocycles. The number of hydrogen-bond donors (Lipinski definition) is 0. The normalized spacial score (nSPS) is 12.1. The van der Waals surface area contributed by atoms with Crippen LogP contribution in [-0.4, -0.2) is 0 Å². The molecule has 0 bridgehead atoms. The van der Waals surface area contributed by atoms with E-state index in [0.717, 1.165) is 0 Å². The second-order valence-corrected chi connectivity index (χ2v) is 2.19. The van der Waals surface area contributed by atoms with Crippen molar-refractivity contribution in [1.29, 1.82) is 0 Å². The summed E-state index contributed by atoms with van der Waals surface area (Å²) in [5.41, 5.74) is 1.19. The molecule has 0 aromatic carbocycles. The molecule has 0 heterocycles. The number of hydrogen-bond acceptors (Lipinski definition) is 0. The van der Waals surface area contributed by atoms with E-state index in [1.165, 1.54) is 24.8 Å². The second kappa shape index (κ2) is 4.89. The molecule has 0 heteroatoms. The van der Waals surface area contributed by atoms with Crippen LogP contribution in [0.4, 0.5) is 0 Å². The topological polar surface area (TPSA) is 0 Å². The highest BCUT2D eigenvalue weighted by molar-refractivity contribution is 5.00. The summed E-state index contributed by atoms with van der Waals surface area (Å²) in [5, 5.41) is 0. The molecule has 0 aromatic rings. The molecule has 0 aliphatic carbocycles. The molecule has 0 atom stereocenters. The van der Waals surface area contributed by atoms with Gasteiger partial charge in [-0.15, -0.1) is 0 Å². The Hall–Kier alpha value is -0.260. The Balaban J connectivity index is 3.03. The summed E-state index contributed by atoms with van der Waals surface area (Å²) in [6.45, 7) is 8.01. The van der Waals surface area contributed by atoms with Crippen molar-refractivity contribution in [3.63, 3.8) is 0 Å². The zero-order valence-electron chi connectivity index (χ0n) is 5.91. The van der Waals surface area contributed by atoms with Gasteiger partial charge in [0.25, 0.3) is 0 Å². The van der Waals surface area contributed by atoms with Gasteiger partial charge in [-0.1, -0.05) is 31.4 Å². The molecular weight excluding hydrogens is 96.1 g/mol. The minimum Gasteiger partial charge on any atom is -0.0856 e. The van der Waals surface area contributed by atoms with E-state index in [1.807, 2.05) is 6.92 Å². The molecule has 8 heavy (non-hydrogen) atoms. The van der Waals surface area contributed by atoms with E-state index < -0.39 is 0 Å². The van der Waals surface area contributed by atoms with Crippen molar-refractivity contribution < 1.29 is 0 Å². The largest absolute Gasteiger partial charge is 0.0856 e. The van der Waals surface area contributed by atoms with E-state index in [2.05, 4.69) is 19.9 Å². The van der Waals surface area contributed by atoms with Crippen molar-refractivity contribution in [1.82, 2.24) is 0 Å². The Kier molecular flexibility index (Phi) is 4.73. The average molecular weight is 111 g/mol. The molecule has 0 saturated heterocycles. The summed E-state index contributed by atoms with van der Waals surface area (Å²) in [5.74, 6) is 0. The van der Waals surface area contributed by atoms with Gasteiger partial charge in [-0.25, -0.2) is 0 Å². The maximum atomic E-state index is 3.77. The predicted octanol–water partition coefficient (Wildman–Crippen LogP) is 2.96. The third-order valence-electron chi connectivity index (χ3n) is 1.05. The second-order valence-electron chi connectivity index (χ2n) is 2.19. The third-order valence-corrected chi connectivity index (χ3v) is 1.05. The highest BCUT2D eigenvalue weighted by atomic mass is 13.8. The zero-order chi connectivity index (χ0) is 6.41. The molecule has 0 rings (SSSR count). The number of unbranched alkanes of at least 4 members (excludes halogenated alkanes) is 2. The fourth-order valence-electron chi connectivity index (χ4n) is 0.553. The lowest BCUT2D eigenvalue weighted by Crippen LogP contribution is -1.68. The van der Waals surface area contributed by atoms with Gasteiger partial charge >= 0.3 is 0 Å². The highest BCUT2D eigenvalue weighted by Crippen LogP contribution is 1.98. The van der Waals surface area contributed by atoms with Crippen LogP contribution in [0.1, 0.15) is 33.1 Å². The summed E-state index contributed by atoms with van der Waals surface area (Å²) >= 11 is 0. The maximum Gasteiger partial charge on any atom is -0.0286 e. The fourth-order valence-corrected chi connectivity index (χ4v) is 0.553. The fraction of sp³-hybridized carbons (Fsp3) is 0.625. The van der Waals surface area contributed by atoms with Gasteiger partial charge in [0.05, 0.1) is 0 Å². The smallest absolute Gasteiger partial charge is 0.0286 e. The van der Waals surface area contributed by atoms with Crippen LogP contribution in [-0.2, 0) is 0 Å². The molecule has 47 valence electrons. The van der Waals surface area contributed by atoms with E-state index >= 15 is 0 Å². The molecule has 0 amide bonds. The van der Waals surface area contributed by atoms with Gasteiger partial charge in [0.2, 0.25) is 0 Å². The molecule has 1 radical (unpaired) electrons. The van der Waals surface area contributed by atoms with Gasteiger partial charge in [-0.05, 0) is 20.3 Å². The van der Waals surface area contributed by atoms with E-state index in [4.69, 9.17) is 0 Å².